The Morgan fingerprint density at radius 1 is 1.25 bits per heavy atom. The highest BCUT2D eigenvalue weighted by atomic mass is 32.1. The van der Waals surface area contributed by atoms with Crippen molar-refractivity contribution in [3.63, 3.8) is 0 Å². The zero-order chi connectivity index (χ0) is 22.5. The first kappa shape index (κ1) is 22.2. The maximum atomic E-state index is 11.7. The summed E-state index contributed by atoms with van der Waals surface area (Å²) < 4.78 is 0. The molecule has 1 amide bonds. The van der Waals surface area contributed by atoms with E-state index in [0.717, 1.165) is 52.4 Å². The van der Waals surface area contributed by atoms with Gasteiger partial charge in [-0.2, -0.15) is 0 Å². The Labute approximate surface area is 192 Å². The molecule has 0 bridgehead atoms. The number of thiazole rings is 1. The summed E-state index contributed by atoms with van der Waals surface area (Å²) in [6.07, 6.45) is 5.26. The predicted octanol–water partition coefficient (Wildman–Crippen LogP) is 3.30. The Bertz CT molecular complexity index is 1070. The third kappa shape index (κ3) is 5.60. The van der Waals surface area contributed by atoms with Crippen LogP contribution in [0.5, 0.6) is 0 Å². The maximum Gasteiger partial charge on any atom is 0.223 e. The van der Waals surface area contributed by atoms with Crippen LogP contribution < -0.4 is 15.5 Å². The zero-order valence-electron chi connectivity index (χ0n) is 18.7. The summed E-state index contributed by atoms with van der Waals surface area (Å²) in [5.41, 5.74) is 2.04. The van der Waals surface area contributed by atoms with Crippen molar-refractivity contribution < 1.29 is 4.79 Å². The first-order valence-corrected chi connectivity index (χ1v) is 11.6. The fourth-order valence-corrected chi connectivity index (χ4v) is 4.53. The van der Waals surface area contributed by atoms with Gasteiger partial charge in [0.25, 0.3) is 0 Å². The topological polar surface area (TPSA) is 86.3 Å². The Morgan fingerprint density at radius 3 is 2.94 bits per heavy atom. The monoisotopic (exact) mass is 451 g/mol. The first-order chi connectivity index (χ1) is 15.5. The predicted molar refractivity (Wildman–Crippen MR) is 130 cm³/mol. The minimum atomic E-state index is 0.152. The van der Waals surface area contributed by atoms with E-state index in [1.54, 1.807) is 36.5 Å². The molecule has 2 N–H and O–H groups in total. The molecule has 3 aromatic rings. The Morgan fingerprint density at radius 2 is 2.12 bits per heavy atom. The molecule has 1 aliphatic heterocycles. The number of aromatic nitrogens is 3. The van der Waals surface area contributed by atoms with Crippen molar-refractivity contribution in [3.8, 4) is 10.6 Å². The molecule has 32 heavy (non-hydrogen) atoms. The van der Waals surface area contributed by atoms with E-state index in [1.807, 2.05) is 43.5 Å². The van der Waals surface area contributed by atoms with E-state index in [9.17, 15) is 4.79 Å². The second kappa shape index (κ2) is 10.1. The lowest BCUT2D eigenvalue weighted by atomic mass is 10.2. The van der Waals surface area contributed by atoms with Gasteiger partial charge in [0.1, 0.15) is 11.6 Å². The summed E-state index contributed by atoms with van der Waals surface area (Å²) in [5.74, 6) is 1.69. The smallest absolute Gasteiger partial charge is 0.223 e. The molecule has 9 heteroatoms. The van der Waals surface area contributed by atoms with E-state index in [0.29, 0.717) is 19.0 Å². The van der Waals surface area contributed by atoms with E-state index in [2.05, 4.69) is 25.5 Å². The molecule has 8 nitrogen and oxygen atoms in total. The van der Waals surface area contributed by atoms with Crippen LogP contribution in [0.25, 0.3) is 10.6 Å². The number of nitrogens with zero attached hydrogens (tertiary/aromatic N) is 5. The van der Waals surface area contributed by atoms with Gasteiger partial charge in [-0.05, 0) is 43.2 Å². The number of pyridine rings is 2. The molecule has 0 spiro atoms. The molecule has 0 aromatic carbocycles. The van der Waals surface area contributed by atoms with E-state index in [4.69, 9.17) is 4.98 Å². The molecular weight excluding hydrogens is 422 g/mol. The summed E-state index contributed by atoms with van der Waals surface area (Å²) in [6.45, 7) is 4.60. The van der Waals surface area contributed by atoms with Gasteiger partial charge in [-0.15, -0.1) is 0 Å². The number of anilines is 3. The Kier molecular flexibility index (Phi) is 6.96. The van der Waals surface area contributed by atoms with Gasteiger partial charge in [0.05, 0.1) is 10.6 Å². The van der Waals surface area contributed by atoms with Gasteiger partial charge >= 0.3 is 0 Å². The second-order valence-electron chi connectivity index (χ2n) is 8.18. The molecule has 0 unspecified atom stereocenters. The van der Waals surface area contributed by atoms with Crippen molar-refractivity contribution >= 4 is 34.0 Å². The standard InChI is InChI=1S/C23H29N7OS/c1-16-7-10-25-21(13-16)28-20-6-4-5-18(27-20)19-14-26-23(32-19)30-12-9-17(15-30)24-11-8-22(31)29(2)3/h4-7,10,13-14,17,24H,8-9,11-12,15H2,1-3H3,(H,25,27,28)/t17-/m1/s1. The number of amides is 1. The van der Waals surface area contributed by atoms with E-state index < -0.39 is 0 Å². The van der Waals surface area contributed by atoms with Crippen LogP contribution >= 0.6 is 11.3 Å². The first-order valence-electron chi connectivity index (χ1n) is 10.8. The zero-order valence-corrected chi connectivity index (χ0v) is 19.5. The number of rotatable bonds is 8. The summed E-state index contributed by atoms with van der Waals surface area (Å²) >= 11 is 1.66. The maximum absolute atomic E-state index is 11.7. The van der Waals surface area contributed by atoms with Crippen molar-refractivity contribution in [2.24, 2.45) is 0 Å². The van der Waals surface area contributed by atoms with Crippen LogP contribution in [-0.2, 0) is 4.79 Å². The lowest BCUT2D eigenvalue weighted by molar-refractivity contribution is -0.128. The largest absolute Gasteiger partial charge is 0.349 e. The summed E-state index contributed by atoms with van der Waals surface area (Å²) in [5, 5.41) is 7.78. The second-order valence-corrected chi connectivity index (χ2v) is 9.19. The van der Waals surface area contributed by atoms with E-state index in [1.165, 1.54) is 0 Å². The van der Waals surface area contributed by atoms with Gasteiger partial charge in [0.15, 0.2) is 5.13 Å². The van der Waals surface area contributed by atoms with Crippen LogP contribution in [0.2, 0.25) is 0 Å². The number of nitrogens with one attached hydrogen (secondary N) is 2. The molecule has 1 atom stereocenters. The molecule has 0 saturated carbocycles. The third-order valence-corrected chi connectivity index (χ3v) is 6.48. The van der Waals surface area contributed by atoms with Gasteiger partial charge in [-0.3, -0.25) is 4.79 Å². The lowest BCUT2D eigenvalue weighted by Gasteiger charge is -2.16. The summed E-state index contributed by atoms with van der Waals surface area (Å²) in [4.78, 5) is 30.5. The fourth-order valence-electron chi connectivity index (χ4n) is 3.61. The van der Waals surface area contributed by atoms with Gasteiger partial charge in [0.2, 0.25) is 5.91 Å². The van der Waals surface area contributed by atoms with Crippen LogP contribution in [0.15, 0.2) is 42.7 Å². The van der Waals surface area contributed by atoms with Gasteiger partial charge in [-0.25, -0.2) is 15.0 Å². The highest BCUT2D eigenvalue weighted by Gasteiger charge is 2.24. The SMILES string of the molecule is Cc1ccnc(Nc2cccc(-c3cnc(N4CC[C@@H](NCCC(=O)N(C)C)C4)s3)n2)c1. The number of carbonyl (C=O) groups excluding carboxylic acids is 1. The van der Waals surface area contributed by atoms with Gasteiger partial charge < -0.3 is 20.4 Å². The third-order valence-electron chi connectivity index (χ3n) is 5.40. The number of hydrogen-bond donors (Lipinski definition) is 2. The molecule has 4 rings (SSSR count). The van der Waals surface area contributed by atoms with Crippen LogP contribution in [0.4, 0.5) is 16.8 Å². The molecule has 1 aliphatic rings. The van der Waals surface area contributed by atoms with E-state index >= 15 is 0 Å². The van der Waals surface area contributed by atoms with Gasteiger partial charge in [0, 0.05) is 58.6 Å². The summed E-state index contributed by atoms with van der Waals surface area (Å²) in [6, 6.07) is 10.3. The highest BCUT2D eigenvalue weighted by molar-refractivity contribution is 7.18. The average Bonchev–Trinajstić information content (AvgIpc) is 3.43. The van der Waals surface area contributed by atoms with Gasteiger partial charge in [-0.1, -0.05) is 17.4 Å². The highest BCUT2D eigenvalue weighted by Crippen LogP contribution is 2.32. The van der Waals surface area contributed by atoms with E-state index in [-0.39, 0.29) is 5.91 Å². The van der Waals surface area contributed by atoms with Crippen molar-refractivity contribution in [2.75, 3.05) is 43.9 Å². The Hall–Kier alpha value is -3.04. The Balaban J connectivity index is 1.35. The molecule has 1 fully saturated rings. The molecular formula is C23H29N7OS. The molecule has 0 radical (unpaired) electrons. The minimum absolute atomic E-state index is 0.152. The fraction of sp³-hybridized carbons (Fsp3) is 0.391. The summed E-state index contributed by atoms with van der Waals surface area (Å²) in [7, 11) is 3.58. The van der Waals surface area contributed by atoms with Crippen molar-refractivity contribution in [2.45, 2.75) is 25.8 Å². The number of aryl methyl sites for hydroxylation is 1. The van der Waals surface area contributed by atoms with Crippen LogP contribution in [-0.4, -0.2) is 65.5 Å². The number of hydrogen-bond acceptors (Lipinski definition) is 8. The van der Waals surface area contributed by atoms with Crippen molar-refractivity contribution in [1.29, 1.82) is 0 Å². The molecule has 168 valence electrons. The van der Waals surface area contributed by atoms with Crippen LogP contribution in [0.3, 0.4) is 0 Å². The molecule has 0 aliphatic carbocycles. The molecule has 3 aromatic heterocycles. The number of carbonyl (C=O) groups is 1. The lowest BCUT2D eigenvalue weighted by Crippen LogP contribution is -2.35. The minimum Gasteiger partial charge on any atom is -0.349 e. The molecule has 4 heterocycles. The van der Waals surface area contributed by atoms with Crippen molar-refractivity contribution in [1.82, 2.24) is 25.2 Å². The van der Waals surface area contributed by atoms with Crippen molar-refractivity contribution in [3.05, 3.63) is 48.3 Å². The normalized spacial score (nSPS) is 15.7. The van der Waals surface area contributed by atoms with Crippen LogP contribution in [0, 0.1) is 6.92 Å². The quantitative estimate of drug-likeness (QED) is 0.543. The molecule has 1 saturated heterocycles. The van der Waals surface area contributed by atoms with Crippen LogP contribution in [0.1, 0.15) is 18.4 Å². The average molecular weight is 452 g/mol.